The monoisotopic (exact) mass is 634 g/mol. The highest BCUT2D eigenvalue weighted by Crippen LogP contribution is 2.37. The number of anilines is 2. The van der Waals surface area contributed by atoms with Gasteiger partial charge in [-0.3, -0.25) is 14.7 Å². The number of carbonyl (C=O) groups is 1. The Morgan fingerprint density at radius 3 is 2.59 bits per heavy atom. The molecule has 4 aromatic rings. The Hall–Kier alpha value is -4.62. The van der Waals surface area contributed by atoms with Gasteiger partial charge in [-0.2, -0.15) is 0 Å². The van der Waals surface area contributed by atoms with Gasteiger partial charge in [0.05, 0.1) is 38.6 Å². The third-order valence-electron chi connectivity index (χ3n) is 7.96. The van der Waals surface area contributed by atoms with E-state index in [0.717, 1.165) is 44.7 Å². The first kappa shape index (κ1) is 31.4. The van der Waals surface area contributed by atoms with Crippen molar-refractivity contribution in [1.29, 1.82) is 0 Å². The molecule has 1 amide bonds. The van der Waals surface area contributed by atoms with Crippen LogP contribution in [-0.2, 0) is 4.74 Å². The second kappa shape index (κ2) is 14.2. The summed E-state index contributed by atoms with van der Waals surface area (Å²) in [6, 6.07) is 13.7. The zero-order valence-corrected chi connectivity index (χ0v) is 25.6. The molecule has 2 saturated heterocycles. The van der Waals surface area contributed by atoms with E-state index in [2.05, 4.69) is 25.2 Å². The van der Waals surface area contributed by atoms with Crippen LogP contribution < -0.4 is 24.4 Å². The molecule has 0 spiro atoms. The van der Waals surface area contributed by atoms with Gasteiger partial charge in [0.15, 0.2) is 11.5 Å². The molecule has 1 aromatic carbocycles. The first-order valence-corrected chi connectivity index (χ1v) is 15.3. The van der Waals surface area contributed by atoms with Crippen molar-refractivity contribution >= 4 is 28.4 Å². The molecule has 0 radical (unpaired) electrons. The zero-order chi connectivity index (χ0) is 31.9. The number of aromatic nitrogens is 3. The topological polar surface area (TPSA) is 111 Å². The molecular weight excluding hydrogens is 598 g/mol. The van der Waals surface area contributed by atoms with Crippen LogP contribution in [0.5, 0.6) is 23.0 Å². The zero-order valence-electron chi connectivity index (χ0n) is 25.6. The SMILES string of the molecule is COc1cc2c(Oc3ccc(NC(=O)c4cccc(N5CCC(F)(F)CC5)n4)nc3)ccnc2cc1OCCCN1CCOCC1. The van der Waals surface area contributed by atoms with E-state index in [1.54, 1.807) is 54.6 Å². The molecule has 3 aromatic heterocycles. The fraction of sp³-hybridized carbons (Fsp3) is 0.394. The number of nitrogens with zero attached hydrogens (tertiary/aromatic N) is 5. The number of halogens is 2. The van der Waals surface area contributed by atoms with Gasteiger partial charge in [0.1, 0.15) is 28.8 Å². The van der Waals surface area contributed by atoms with E-state index in [1.165, 1.54) is 6.20 Å². The highest BCUT2D eigenvalue weighted by atomic mass is 19.3. The number of ether oxygens (including phenoxy) is 4. The highest BCUT2D eigenvalue weighted by molar-refractivity contribution is 6.02. The Balaban J connectivity index is 1.07. The Morgan fingerprint density at radius 2 is 1.83 bits per heavy atom. The van der Waals surface area contributed by atoms with Gasteiger partial charge in [0.25, 0.3) is 11.8 Å². The molecule has 1 N–H and O–H groups in total. The van der Waals surface area contributed by atoms with Crippen LogP contribution in [0.4, 0.5) is 20.4 Å². The predicted octanol–water partition coefficient (Wildman–Crippen LogP) is 5.41. The fourth-order valence-corrected chi connectivity index (χ4v) is 5.40. The maximum Gasteiger partial charge on any atom is 0.275 e. The molecule has 0 bridgehead atoms. The van der Waals surface area contributed by atoms with Gasteiger partial charge in [0, 0.05) is 63.2 Å². The summed E-state index contributed by atoms with van der Waals surface area (Å²) in [5.41, 5.74) is 0.848. The summed E-state index contributed by atoms with van der Waals surface area (Å²) < 4.78 is 50.4. The number of hydrogen-bond acceptors (Lipinski definition) is 10. The molecule has 13 heteroatoms. The Labute approximate surface area is 265 Å². The number of alkyl halides is 2. The van der Waals surface area contributed by atoms with E-state index in [4.69, 9.17) is 18.9 Å². The summed E-state index contributed by atoms with van der Waals surface area (Å²) in [6.45, 7) is 5.28. The number of piperidine rings is 1. The molecular formula is C33H36F2N6O5. The summed E-state index contributed by atoms with van der Waals surface area (Å²) in [5.74, 6) is -0.137. The number of rotatable bonds is 11. The number of benzene rings is 1. The lowest BCUT2D eigenvalue weighted by molar-refractivity contribution is -0.0221. The van der Waals surface area contributed by atoms with Gasteiger partial charge in [0.2, 0.25) is 0 Å². The number of carbonyl (C=O) groups excluding carboxylic acids is 1. The minimum Gasteiger partial charge on any atom is -0.493 e. The summed E-state index contributed by atoms with van der Waals surface area (Å²) in [4.78, 5) is 30.2. The van der Waals surface area contributed by atoms with Crippen LogP contribution in [0.25, 0.3) is 10.9 Å². The van der Waals surface area contributed by atoms with E-state index in [0.29, 0.717) is 46.8 Å². The Kier molecular flexibility index (Phi) is 9.69. The lowest BCUT2D eigenvalue weighted by Crippen LogP contribution is -2.39. The van der Waals surface area contributed by atoms with Crippen LogP contribution >= 0.6 is 0 Å². The van der Waals surface area contributed by atoms with Crippen molar-refractivity contribution in [3.63, 3.8) is 0 Å². The summed E-state index contributed by atoms with van der Waals surface area (Å²) in [7, 11) is 1.59. The van der Waals surface area contributed by atoms with E-state index >= 15 is 0 Å². The number of fused-ring (bicyclic) bond motifs is 1. The van der Waals surface area contributed by atoms with Gasteiger partial charge in [-0.15, -0.1) is 0 Å². The van der Waals surface area contributed by atoms with Gasteiger partial charge >= 0.3 is 0 Å². The lowest BCUT2D eigenvalue weighted by atomic mass is 10.1. The molecule has 11 nitrogen and oxygen atoms in total. The van der Waals surface area contributed by atoms with Crippen molar-refractivity contribution < 1.29 is 32.5 Å². The fourth-order valence-electron chi connectivity index (χ4n) is 5.40. The molecule has 0 aliphatic carbocycles. The second-order valence-electron chi connectivity index (χ2n) is 11.1. The molecule has 6 rings (SSSR count). The summed E-state index contributed by atoms with van der Waals surface area (Å²) in [6.07, 6.45) is 3.57. The molecule has 2 fully saturated rings. The molecule has 5 heterocycles. The first-order chi connectivity index (χ1) is 22.4. The van der Waals surface area contributed by atoms with Crippen molar-refractivity contribution in [1.82, 2.24) is 19.9 Å². The quantitative estimate of drug-likeness (QED) is 0.215. The average Bonchev–Trinajstić information content (AvgIpc) is 3.08. The minimum atomic E-state index is -2.66. The summed E-state index contributed by atoms with van der Waals surface area (Å²) in [5, 5.41) is 3.46. The highest BCUT2D eigenvalue weighted by Gasteiger charge is 2.34. The van der Waals surface area contributed by atoms with Crippen molar-refractivity contribution in [3.8, 4) is 23.0 Å². The smallest absolute Gasteiger partial charge is 0.275 e. The van der Waals surface area contributed by atoms with Crippen LogP contribution in [0.15, 0.2) is 60.9 Å². The maximum atomic E-state index is 13.6. The molecule has 2 aliphatic rings. The second-order valence-corrected chi connectivity index (χ2v) is 11.1. The standard InChI is InChI=1S/C33H36F2N6O5/c1-43-28-20-24-26(21-29(28)45-17-3-12-40-15-18-44-19-16-40)36-11-8-27(24)46-23-6-7-30(37-22-23)39-32(42)25-4-2-5-31(38-25)41-13-9-33(34,35)10-14-41/h2,4-8,11,20-22H,3,9-10,12-19H2,1H3,(H,37,39,42). The van der Waals surface area contributed by atoms with Crippen LogP contribution in [0.3, 0.4) is 0 Å². The number of morpholine rings is 1. The van der Waals surface area contributed by atoms with Crippen molar-refractivity contribution in [2.24, 2.45) is 0 Å². The van der Waals surface area contributed by atoms with Crippen molar-refractivity contribution in [3.05, 3.63) is 66.6 Å². The van der Waals surface area contributed by atoms with Crippen molar-refractivity contribution in [2.75, 3.05) is 69.9 Å². The molecule has 2 aliphatic heterocycles. The van der Waals surface area contributed by atoms with Crippen molar-refractivity contribution in [2.45, 2.75) is 25.2 Å². The maximum absolute atomic E-state index is 13.6. The van der Waals surface area contributed by atoms with Gasteiger partial charge in [-0.1, -0.05) is 6.07 Å². The van der Waals surface area contributed by atoms with Gasteiger partial charge < -0.3 is 29.2 Å². The third kappa shape index (κ3) is 7.77. The Morgan fingerprint density at radius 1 is 1.00 bits per heavy atom. The largest absolute Gasteiger partial charge is 0.493 e. The molecule has 0 atom stereocenters. The molecule has 242 valence electrons. The minimum absolute atomic E-state index is 0.162. The van der Waals surface area contributed by atoms with E-state index in [-0.39, 0.29) is 31.6 Å². The average molecular weight is 635 g/mol. The van der Waals surface area contributed by atoms with E-state index in [9.17, 15) is 13.6 Å². The molecule has 0 unspecified atom stereocenters. The predicted molar refractivity (Wildman–Crippen MR) is 169 cm³/mol. The van der Waals surface area contributed by atoms with E-state index < -0.39 is 11.8 Å². The van der Waals surface area contributed by atoms with Crippen LogP contribution in [-0.4, -0.2) is 91.3 Å². The third-order valence-corrected chi connectivity index (χ3v) is 7.96. The van der Waals surface area contributed by atoms with Gasteiger partial charge in [-0.25, -0.2) is 18.7 Å². The van der Waals surface area contributed by atoms with Crippen LogP contribution in [0.1, 0.15) is 29.8 Å². The normalized spacial score (nSPS) is 16.6. The van der Waals surface area contributed by atoms with Gasteiger partial charge in [-0.05, 0) is 42.8 Å². The Bertz CT molecular complexity index is 1640. The number of methoxy groups -OCH3 is 1. The van der Waals surface area contributed by atoms with E-state index in [1.807, 2.05) is 12.1 Å². The lowest BCUT2D eigenvalue weighted by Gasteiger charge is -2.32. The molecule has 0 saturated carbocycles. The van der Waals surface area contributed by atoms with Crippen LogP contribution in [0, 0.1) is 0 Å². The first-order valence-electron chi connectivity index (χ1n) is 15.3. The van der Waals surface area contributed by atoms with Crippen LogP contribution in [0.2, 0.25) is 0 Å². The number of nitrogens with one attached hydrogen (secondary N) is 1. The number of amides is 1. The summed E-state index contributed by atoms with van der Waals surface area (Å²) >= 11 is 0. The number of hydrogen-bond donors (Lipinski definition) is 1. The number of pyridine rings is 3. The molecule has 46 heavy (non-hydrogen) atoms.